The van der Waals surface area contributed by atoms with Gasteiger partial charge in [-0.3, -0.25) is 10.1 Å². The molecule has 3 aliphatic rings. The number of carbonyl (C=O) groups excluding carboxylic acids is 1. The summed E-state index contributed by atoms with van der Waals surface area (Å²) in [5, 5.41) is 8.20. The first kappa shape index (κ1) is 27.1. The molecule has 2 fully saturated rings. The van der Waals surface area contributed by atoms with E-state index in [0.29, 0.717) is 19.2 Å². The number of halogens is 1. The van der Waals surface area contributed by atoms with E-state index in [-0.39, 0.29) is 17.5 Å². The van der Waals surface area contributed by atoms with Crippen LogP contribution in [0.25, 0.3) is 0 Å². The molecule has 2 atom stereocenters. The second kappa shape index (κ2) is 11.4. The number of carbonyl (C=O) groups is 1. The van der Waals surface area contributed by atoms with Crippen LogP contribution in [0.1, 0.15) is 47.1 Å². The van der Waals surface area contributed by atoms with Gasteiger partial charge < -0.3 is 15.0 Å². The number of hydrogen-bond acceptors (Lipinski definition) is 4. The summed E-state index contributed by atoms with van der Waals surface area (Å²) in [7, 11) is 0. The molecule has 40 heavy (non-hydrogen) atoms. The van der Waals surface area contributed by atoms with Gasteiger partial charge in [0.15, 0.2) is 0 Å². The first-order valence-corrected chi connectivity index (χ1v) is 14.8. The second-order valence-corrected chi connectivity index (χ2v) is 12.0. The van der Waals surface area contributed by atoms with Crippen LogP contribution >= 0.6 is 11.6 Å². The van der Waals surface area contributed by atoms with Gasteiger partial charge in [-0.1, -0.05) is 72.3 Å². The van der Waals surface area contributed by atoms with Crippen molar-refractivity contribution in [1.29, 1.82) is 0 Å². The number of piperazine rings is 1. The molecule has 6 heteroatoms. The third kappa shape index (κ3) is 5.69. The average molecular weight is 556 g/mol. The number of nitrogens with zero attached hydrogens (tertiary/aromatic N) is 1. The van der Waals surface area contributed by atoms with E-state index < -0.39 is 0 Å². The van der Waals surface area contributed by atoms with Gasteiger partial charge in [0.25, 0.3) is 5.91 Å². The number of ether oxygens (including phenoxy) is 1. The Morgan fingerprint density at radius 3 is 2.65 bits per heavy atom. The highest BCUT2D eigenvalue weighted by atomic mass is 35.5. The monoisotopic (exact) mass is 555 g/mol. The van der Waals surface area contributed by atoms with Crippen LogP contribution in [-0.4, -0.2) is 42.6 Å². The van der Waals surface area contributed by atoms with Gasteiger partial charge in [0, 0.05) is 42.7 Å². The number of nitrogens with one attached hydrogen (secondary N) is 2. The van der Waals surface area contributed by atoms with Gasteiger partial charge in [-0.05, 0) is 73.1 Å². The molecule has 2 bridgehead atoms. The molecule has 0 spiro atoms. The van der Waals surface area contributed by atoms with Crippen LogP contribution in [0, 0.1) is 13.8 Å². The summed E-state index contributed by atoms with van der Waals surface area (Å²) in [5.41, 5.74) is 6.55. The van der Waals surface area contributed by atoms with Crippen LogP contribution in [0.5, 0.6) is 5.75 Å². The molecule has 1 saturated heterocycles. The highest BCUT2D eigenvalue weighted by Gasteiger charge is 2.44. The van der Waals surface area contributed by atoms with Gasteiger partial charge in [-0.2, -0.15) is 0 Å². The molecule has 1 saturated carbocycles. The Bertz CT molecular complexity index is 1410. The van der Waals surface area contributed by atoms with Crippen LogP contribution in [0.2, 0.25) is 5.02 Å². The molecule has 2 unspecified atom stereocenters. The Kier molecular flexibility index (Phi) is 7.71. The molecule has 3 aromatic rings. The molecule has 0 radical (unpaired) electrons. The number of hydrogen-bond donors (Lipinski definition) is 2. The number of amides is 1. The highest BCUT2D eigenvalue weighted by Crippen LogP contribution is 2.37. The molecule has 1 aliphatic carbocycles. The third-order valence-corrected chi connectivity index (χ3v) is 8.93. The lowest BCUT2D eigenvalue weighted by Gasteiger charge is -2.47. The standard InChI is InChI=1S/C34H38ClN3O2/c1-23-7-8-24(2)32(19-23)40-18-16-25-9-11-27(12-10-25)34-17-15-29(31(37-34)20-36-22-34)33(39)38(28-13-14-28)21-26-5-3-4-6-30(26)35/h3-12,15,19,28,31,36-37H,13-14,16-18,20-22H2,1-2H3. The Morgan fingerprint density at radius 1 is 1.07 bits per heavy atom. The fourth-order valence-electron chi connectivity index (χ4n) is 6.01. The topological polar surface area (TPSA) is 53.6 Å². The van der Waals surface area contributed by atoms with Crippen LogP contribution in [0.15, 0.2) is 78.4 Å². The molecule has 5 nitrogen and oxygen atoms in total. The largest absolute Gasteiger partial charge is 0.493 e. The molecule has 208 valence electrons. The molecule has 2 heterocycles. The number of aryl methyl sites for hydroxylation is 2. The van der Waals surface area contributed by atoms with Gasteiger partial charge in [-0.25, -0.2) is 0 Å². The lowest BCUT2D eigenvalue weighted by Crippen LogP contribution is -2.65. The molecule has 2 aliphatic heterocycles. The van der Waals surface area contributed by atoms with Crippen molar-refractivity contribution < 1.29 is 9.53 Å². The van der Waals surface area contributed by atoms with Crippen molar-refractivity contribution in [1.82, 2.24) is 15.5 Å². The van der Waals surface area contributed by atoms with Gasteiger partial charge >= 0.3 is 0 Å². The minimum Gasteiger partial charge on any atom is -0.493 e. The van der Waals surface area contributed by atoms with E-state index in [1.807, 2.05) is 29.2 Å². The predicted octanol–water partition coefficient (Wildman–Crippen LogP) is 5.86. The van der Waals surface area contributed by atoms with Gasteiger partial charge in [0.1, 0.15) is 5.75 Å². The predicted molar refractivity (Wildman–Crippen MR) is 161 cm³/mol. The van der Waals surface area contributed by atoms with E-state index in [0.717, 1.165) is 66.2 Å². The number of rotatable bonds is 9. The summed E-state index contributed by atoms with van der Waals surface area (Å²) in [6.07, 6.45) is 5.95. The molecule has 6 rings (SSSR count). The molecule has 0 aromatic heterocycles. The average Bonchev–Trinajstić information content (AvgIpc) is 3.80. The SMILES string of the molecule is Cc1ccc(C)c(OCCc2ccc(C34CC=C(C(=O)N(Cc5ccccc5Cl)C5CC5)C(CNC3)N4)cc2)c1. The maximum atomic E-state index is 13.9. The van der Waals surface area contributed by atoms with Crippen LogP contribution in [-0.2, 0) is 23.3 Å². The number of benzene rings is 3. The second-order valence-electron chi connectivity index (χ2n) is 11.6. The zero-order chi connectivity index (χ0) is 27.7. The molecular weight excluding hydrogens is 518 g/mol. The summed E-state index contributed by atoms with van der Waals surface area (Å²) in [6.45, 7) is 6.96. The Morgan fingerprint density at radius 2 is 1.88 bits per heavy atom. The van der Waals surface area contributed by atoms with E-state index in [4.69, 9.17) is 16.3 Å². The normalized spacial score (nSPS) is 22.0. The highest BCUT2D eigenvalue weighted by molar-refractivity contribution is 6.31. The number of fused-ring (bicyclic) bond motifs is 2. The quantitative estimate of drug-likeness (QED) is 0.347. The zero-order valence-electron chi connectivity index (χ0n) is 23.4. The van der Waals surface area contributed by atoms with Crippen LogP contribution < -0.4 is 15.4 Å². The first-order valence-electron chi connectivity index (χ1n) is 14.4. The Balaban J connectivity index is 1.13. The summed E-state index contributed by atoms with van der Waals surface area (Å²) >= 11 is 6.45. The van der Waals surface area contributed by atoms with Crippen LogP contribution in [0.3, 0.4) is 0 Å². The van der Waals surface area contributed by atoms with Crippen molar-refractivity contribution >= 4 is 17.5 Å². The smallest absolute Gasteiger partial charge is 0.251 e. The van der Waals surface area contributed by atoms with Crippen molar-refractivity contribution in [2.45, 2.75) is 63.7 Å². The lowest BCUT2D eigenvalue weighted by molar-refractivity contribution is -0.129. The maximum Gasteiger partial charge on any atom is 0.251 e. The van der Waals surface area contributed by atoms with E-state index in [2.05, 4.69) is 73.0 Å². The summed E-state index contributed by atoms with van der Waals surface area (Å²) in [6, 6.07) is 23.3. The minimum atomic E-state index is -0.215. The van der Waals surface area contributed by atoms with Crippen molar-refractivity contribution in [2.24, 2.45) is 0 Å². The Hall–Kier alpha value is -3.12. The van der Waals surface area contributed by atoms with E-state index >= 15 is 0 Å². The maximum absolute atomic E-state index is 13.9. The van der Waals surface area contributed by atoms with Crippen molar-refractivity contribution in [3.63, 3.8) is 0 Å². The summed E-state index contributed by atoms with van der Waals surface area (Å²) < 4.78 is 6.08. The fraction of sp³-hybridized carbons (Fsp3) is 0.382. The zero-order valence-corrected chi connectivity index (χ0v) is 24.1. The van der Waals surface area contributed by atoms with Gasteiger partial charge in [0.2, 0.25) is 0 Å². The first-order chi connectivity index (χ1) is 19.4. The van der Waals surface area contributed by atoms with Crippen LogP contribution in [0.4, 0.5) is 0 Å². The van der Waals surface area contributed by atoms with Crippen molar-refractivity contribution in [2.75, 3.05) is 19.7 Å². The lowest BCUT2D eigenvalue weighted by atomic mass is 9.78. The van der Waals surface area contributed by atoms with Gasteiger partial charge in [-0.15, -0.1) is 0 Å². The van der Waals surface area contributed by atoms with Crippen molar-refractivity contribution in [3.05, 3.63) is 111 Å². The Labute approximate surface area is 242 Å². The van der Waals surface area contributed by atoms with E-state index in [1.54, 1.807) is 0 Å². The van der Waals surface area contributed by atoms with Crippen molar-refractivity contribution in [3.8, 4) is 5.75 Å². The minimum absolute atomic E-state index is 0.0202. The van der Waals surface area contributed by atoms with E-state index in [1.165, 1.54) is 16.7 Å². The molecule has 1 amide bonds. The van der Waals surface area contributed by atoms with E-state index in [9.17, 15) is 4.79 Å². The molecule has 2 N–H and O–H groups in total. The third-order valence-electron chi connectivity index (χ3n) is 8.56. The molecule has 3 aromatic carbocycles. The molecular formula is C34H38ClN3O2. The van der Waals surface area contributed by atoms with Gasteiger partial charge in [0.05, 0.1) is 18.2 Å². The fourth-order valence-corrected chi connectivity index (χ4v) is 6.21. The summed E-state index contributed by atoms with van der Waals surface area (Å²) in [5.74, 6) is 1.10. The summed E-state index contributed by atoms with van der Waals surface area (Å²) in [4.78, 5) is 15.9.